The van der Waals surface area contributed by atoms with Crippen molar-refractivity contribution in [3.8, 4) is 0 Å². The number of carbonyl (C=O) groups is 1. The average molecular weight is 312 g/mol. The SMILES string of the molecule is CCC(CCCl)NC(=O)c1cc(C(F)(F)F)ccc1F. The van der Waals surface area contributed by atoms with E-state index in [2.05, 4.69) is 5.32 Å². The van der Waals surface area contributed by atoms with Gasteiger partial charge in [-0.3, -0.25) is 4.79 Å². The number of amides is 1. The molecule has 0 fully saturated rings. The number of rotatable bonds is 5. The summed E-state index contributed by atoms with van der Waals surface area (Å²) in [7, 11) is 0. The van der Waals surface area contributed by atoms with Gasteiger partial charge in [0.05, 0.1) is 11.1 Å². The van der Waals surface area contributed by atoms with Gasteiger partial charge in [-0.05, 0) is 31.0 Å². The van der Waals surface area contributed by atoms with Crippen molar-refractivity contribution in [2.45, 2.75) is 32.0 Å². The van der Waals surface area contributed by atoms with Crippen molar-refractivity contribution >= 4 is 17.5 Å². The van der Waals surface area contributed by atoms with Gasteiger partial charge in [-0.15, -0.1) is 11.6 Å². The summed E-state index contributed by atoms with van der Waals surface area (Å²) in [6, 6.07) is 1.45. The van der Waals surface area contributed by atoms with Crippen molar-refractivity contribution in [3.05, 3.63) is 35.1 Å². The van der Waals surface area contributed by atoms with Crippen LogP contribution >= 0.6 is 11.6 Å². The lowest BCUT2D eigenvalue weighted by atomic mass is 10.1. The van der Waals surface area contributed by atoms with Crippen LogP contribution in [-0.2, 0) is 6.18 Å². The van der Waals surface area contributed by atoms with Crippen molar-refractivity contribution in [1.29, 1.82) is 0 Å². The van der Waals surface area contributed by atoms with Crippen LogP contribution in [0.5, 0.6) is 0 Å². The number of carbonyl (C=O) groups excluding carboxylic acids is 1. The lowest BCUT2D eigenvalue weighted by Gasteiger charge is -2.16. The molecule has 0 spiro atoms. The molecule has 0 saturated heterocycles. The number of halogens is 5. The van der Waals surface area contributed by atoms with Crippen LogP contribution in [0.25, 0.3) is 0 Å². The van der Waals surface area contributed by atoms with E-state index in [1.165, 1.54) is 0 Å². The molecule has 0 heterocycles. The lowest BCUT2D eigenvalue weighted by molar-refractivity contribution is -0.137. The summed E-state index contributed by atoms with van der Waals surface area (Å²) in [5.41, 5.74) is -1.68. The first-order valence-corrected chi connectivity index (χ1v) is 6.56. The molecule has 0 aliphatic rings. The van der Waals surface area contributed by atoms with Gasteiger partial charge in [0.15, 0.2) is 0 Å². The van der Waals surface area contributed by atoms with Crippen LogP contribution in [0.2, 0.25) is 0 Å². The first kappa shape index (κ1) is 16.8. The first-order valence-electron chi connectivity index (χ1n) is 6.03. The third kappa shape index (κ3) is 4.37. The van der Waals surface area contributed by atoms with Crippen LogP contribution in [-0.4, -0.2) is 17.8 Å². The summed E-state index contributed by atoms with van der Waals surface area (Å²) in [6.45, 7) is 1.79. The summed E-state index contributed by atoms with van der Waals surface area (Å²) < 4.78 is 51.1. The van der Waals surface area contributed by atoms with E-state index in [-0.39, 0.29) is 6.04 Å². The van der Waals surface area contributed by atoms with Gasteiger partial charge >= 0.3 is 6.18 Å². The highest BCUT2D eigenvalue weighted by atomic mass is 35.5. The zero-order chi connectivity index (χ0) is 15.3. The molecule has 7 heteroatoms. The second-order valence-corrected chi connectivity index (χ2v) is 4.63. The minimum atomic E-state index is -4.62. The molecule has 1 amide bonds. The molecular weight excluding hydrogens is 298 g/mol. The summed E-state index contributed by atoms with van der Waals surface area (Å²) in [5, 5.41) is 2.47. The Morgan fingerprint density at radius 1 is 1.40 bits per heavy atom. The fourth-order valence-electron chi connectivity index (χ4n) is 1.65. The van der Waals surface area contributed by atoms with Crippen molar-refractivity contribution in [1.82, 2.24) is 5.32 Å². The third-order valence-electron chi connectivity index (χ3n) is 2.82. The quantitative estimate of drug-likeness (QED) is 0.647. The molecule has 20 heavy (non-hydrogen) atoms. The highest BCUT2D eigenvalue weighted by Gasteiger charge is 2.32. The molecule has 1 N–H and O–H groups in total. The zero-order valence-corrected chi connectivity index (χ0v) is 11.5. The molecule has 1 atom stereocenters. The number of alkyl halides is 4. The highest BCUT2D eigenvalue weighted by Crippen LogP contribution is 2.30. The van der Waals surface area contributed by atoms with Gasteiger partial charge in [-0.1, -0.05) is 6.92 Å². The minimum absolute atomic E-state index is 0.295. The molecule has 0 saturated carbocycles. The van der Waals surface area contributed by atoms with Crippen molar-refractivity contribution in [2.24, 2.45) is 0 Å². The standard InChI is InChI=1S/C13H14ClF4NO/c1-2-9(5-6-14)19-12(20)10-7-8(13(16,17)18)3-4-11(10)15/h3-4,7,9H,2,5-6H2,1H3,(H,19,20). The fourth-order valence-corrected chi connectivity index (χ4v) is 1.91. The Hall–Kier alpha value is -1.30. The van der Waals surface area contributed by atoms with E-state index in [1.807, 2.05) is 0 Å². The second kappa shape index (κ2) is 6.92. The smallest absolute Gasteiger partial charge is 0.349 e. The van der Waals surface area contributed by atoms with E-state index in [9.17, 15) is 22.4 Å². The van der Waals surface area contributed by atoms with Crippen LogP contribution in [0, 0.1) is 5.82 Å². The maximum absolute atomic E-state index is 13.5. The van der Waals surface area contributed by atoms with Gasteiger partial charge in [0.25, 0.3) is 5.91 Å². The van der Waals surface area contributed by atoms with E-state index >= 15 is 0 Å². The highest BCUT2D eigenvalue weighted by molar-refractivity contribution is 6.17. The Morgan fingerprint density at radius 3 is 2.55 bits per heavy atom. The summed E-state index contributed by atoms with van der Waals surface area (Å²) in [5.74, 6) is -1.56. The fraction of sp³-hybridized carbons (Fsp3) is 0.462. The Bertz CT molecular complexity index is 476. The topological polar surface area (TPSA) is 29.1 Å². The van der Waals surface area contributed by atoms with E-state index in [0.29, 0.717) is 36.9 Å². The van der Waals surface area contributed by atoms with Gasteiger partial charge in [0.2, 0.25) is 0 Å². The minimum Gasteiger partial charge on any atom is -0.349 e. The molecule has 1 aromatic carbocycles. The molecule has 0 aliphatic heterocycles. The maximum atomic E-state index is 13.5. The Kier molecular flexibility index (Phi) is 5.80. The monoisotopic (exact) mass is 311 g/mol. The molecule has 1 unspecified atom stereocenters. The van der Waals surface area contributed by atoms with Crippen LogP contribution in [0.1, 0.15) is 35.7 Å². The number of benzene rings is 1. The first-order chi connectivity index (χ1) is 9.29. The van der Waals surface area contributed by atoms with Gasteiger partial charge in [-0.25, -0.2) is 4.39 Å². The van der Waals surface area contributed by atoms with E-state index in [4.69, 9.17) is 11.6 Å². The Morgan fingerprint density at radius 2 is 2.05 bits per heavy atom. The predicted octanol–water partition coefficient (Wildman–Crippen LogP) is 3.98. The van der Waals surface area contributed by atoms with Crippen molar-refractivity contribution < 1.29 is 22.4 Å². The van der Waals surface area contributed by atoms with Crippen molar-refractivity contribution in [2.75, 3.05) is 5.88 Å². The van der Waals surface area contributed by atoms with Gasteiger partial charge in [-0.2, -0.15) is 13.2 Å². The van der Waals surface area contributed by atoms with Crippen LogP contribution in [0.3, 0.4) is 0 Å². The molecule has 0 bridgehead atoms. The molecule has 0 radical (unpaired) electrons. The third-order valence-corrected chi connectivity index (χ3v) is 3.04. The Balaban J connectivity index is 2.97. The number of hydrogen-bond acceptors (Lipinski definition) is 1. The average Bonchev–Trinajstić information content (AvgIpc) is 2.37. The molecular formula is C13H14ClF4NO. The molecule has 1 aromatic rings. The molecule has 112 valence electrons. The Labute approximate surface area is 119 Å². The van der Waals surface area contributed by atoms with Gasteiger partial charge < -0.3 is 5.32 Å². The summed E-state index contributed by atoms with van der Waals surface area (Å²) in [6.07, 6.45) is -3.60. The second-order valence-electron chi connectivity index (χ2n) is 4.25. The summed E-state index contributed by atoms with van der Waals surface area (Å²) >= 11 is 5.55. The lowest BCUT2D eigenvalue weighted by Crippen LogP contribution is -2.35. The number of hydrogen-bond donors (Lipinski definition) is 1. The normalized spacial score (nSPS) is 13.1. The molecule has 2 nitrogen and oxygen atoms in total. The van der Waals surface area contributed by atoms with E-state index < -0.39 is 29.0 Å². The van der Waals surface area contributed by atoms with Crippen molar-refractivity contribution in [3.63, 3.8) is 0 Å². The van der Waals surface area contributed by atoms with Crippen LogP contribution < -0.4 is 5.32 Å². The number of nitrogens with one attached hydrogen (secondary N) is 1. The predicted molar refractivity (Wildman–Crippen MR) is 68.3 cm³/mol. The maximum Gasteiger partial charge on any atom is 0.416 e. The van der Waals surface area contributed by atoms with Crippen LogP contribution in [0.15, 0.2) is 18.2 Å². The summed E-state index contributed by atoms with van der Waals surface area (Å²) in [4.78, 5) is 11.8. The molecule has 1 rings (SSSR count). The zero-order valence-electron chi connectivity index (χ0n) is 10.7. The van der Waals surface area contributed by atoms with E-state index in [0.717, 1.165) is 0 Å². The van der Waals surface area contributed by atoms with Gasteiger partial charge in [0.1, 0.15) is 5.82 Å². The van der Waals surface area contributed by atoms with Gasteiger partial charge in [0, 0.05) is 11.9 Å². The molecule has 0 aromatic heterocycles. The van der Waals surface area contributed by atoms with E-state index in [1.54, 1.807) is 6.92 Å². The van der Waals surface area contributed by atoms with Crippen LogP contribution in [0.4, 0.5) is 17.6 Å². The largest absolute Gasteiger partial charge is 0.416 e. The molecule has 0 aliphatic carbocycles.